The zero-order chi connectivity index (χ0) is 24.0. The van der Waals surface area contributed by atoms with Crippen molar-refractivity contribution < 1.29 is 17.6 Å². The molecule has 2 fully saturated rings. The Morgan fingerprint density at radius 3 is 2.55 bits per heavy atom. The summed E-state index contributed by atoms with van der Waals surface area (Å²) in [5.41, 5.74) is 0.806. The van der Waals surface area contributed by atoms with Gasteiger partial charge in [-0.25, -0.2) is 27.1 Å². The van der Waals surface area contributed by atoms with Crippen molar-refractivity contribution in [3.8, 4) is 0 Å². The topological polar surface area (TPSA) is 94.4 Å². The molecule has 1 saturated heterocycles. The van der Waals surface area contributed by atoms with Gasteiger partial charge in [0.25, 0.3) is 5.91 Å². The second-order valence-electron chi connectivity index (χ2n) is 9.01. The van der Waals surface area contributed by atoms with E-state index in [0.29, 0.717) is 42.9 Å². The van der Waals surface area contributed by atoms with Gasteiger partial charge in [-0.05, 0) is 52.3 Å². The number of aliphatic imine (C=N–C) groups is 2. The number of rotatable bonds is 5. The van der Waals surface area contributed by atoms with Crippen molar-refractivity contribution in [1.82, 2.24) is 14.5 Å². The molecule has 8 nitrogen and oxygen atoms in total. The predicted octanol–water partition coefficient (Wildman–Crippen LogP) is 2.98. The number of nitrogens with zero attached hydrogens (tertiary/aromatic N) is 4. The largest absolute Gasteiger partial charge is 0.351 e. The Balaban J connectivity index is 1.57. The number of fused-ring (bicyclic) bond motifs is 2. The van der Waals surface area contributed by atoms with Crippen LogP contribution in [0.1, 0.15) is 59.6 Å². The van der Waals surface area contributed by atoms with E-state index in [1.807, 2.05) is 11.8 Å². The van der Waals surface area contributed by atoms with E-state index in [-0.39, 0.29) is 29.0 Å². The van der Waals surface area contributed by atoms with Crippen molar-refractivity contribution in [1.29, 1.82) is 0 Å². The molecule has 0 unspecified atom stereocenters. The number of guanidine groups is 1. The summed E-state index contributed by atoms with van der Waals surface area (Å²) in [5, 5.41) is 3.18. The normalized spacial score (nSPS) is 22.2. The first kappa shape index (κ1) is 24.0. The van der Waals surface area contributed by atoms with E-state index >= 15 is 0 Å². The number of piperidine rings is 1. The molecule has 1 aliphatic carbocycles. The van der Waals surface area contributed by atoms with Crippen molar-refractivity contribution in [2.45, 2.75) is 51.0 Å². The molecule has 1 aromatic heterocycles. The molecular weight excluding hydrogens is 465 g/mol. The second-order valence-corrected chi connectivity index (χ2v) is 12.0. The molecular formula is C22H30FN5O3S2. The summed E-state index contributed by atoms with van der Waals surface area (Å²) < 4.78 is 39.5. The van der Waals surface area contributed by atoms with Gasteiger partial charge in [0.2, 0.25) is 16.0 Å². The smallest absolute Gasteiger partial charge is 0.255 e. The van der Waals surface area contributed by atoms with E-state index in [0.717, 1.165) is 24.3 Å². The van der Waals surface area contributed by atoms with Crippen LogP contribution in [0.2, 0.25) is 0 Å². The van der Waals surface area contributed by atoms with Gasteiger partial charge < -0.3 is 10.2 Å². The van der Waals surface area contributed by atoms with Gasteiger partial charge in [0.05, 0.1) is 16.7 Å². The Hall–Kier alpha value is -2.11. The summed E-state index contributed by atoms with van der Waals surface area (Å²) in [7, 11) is -3.21. The zero-order valence-corrected chi connectivity index (χ0v) is 20.9. The molecule has 1 aromatic rings. The highest BCUT2D eigenvalue weighted by molar-refractivity contribution is 7.88. The molecule has 3 heterocycles. The van der Waals surface area contributed by atoms with Gasteiger partial charge >= 0.3 is 0 Å². The number of halogens is 1. The van der Waals surface area contributed by atoms with Crippen LogP contribution in [0.3, 0.4) is 0 Å². The number of hydrogen-bond donors (Lipinski definition) is 1. The van der Waals surface area contributed by atoms with Crippen molar-refractivity contribution in [2.75, 3.05) is 32.4 Å². The Kier molecular flexibility index (Phi) is 6.49. The number of nitrogens with one attached hydrogen (secondary N) is 1. The number of sulfonamides is 1. The highest BCUT2D eigenvalue weighted by atomic mass is 32.2. The molecule has 11 heteroatoms. The van der Waals surface area contributed by atoms with Gasteiger partial charge in [0, 0.05) is 42.5 Å². The lowest BCUT2D eigenvalue weighted by Gasteiger charge is -2.31. The summed E-state index contributed by atoms with van der Waals surface area (Å²) >= 11 is 1.44. The van der Waals surface area contributed by atoms with Crippen LogP contribution in [0.15, 0.2) is 21.9 Å². The molecule has 4 rings (SSSR count). The van der Waals surface area contributed by atoms with Crippen LogP contribution in [-0.2, 0) is 15.4 Å². The summed E-state index contributed by atoms with van der Waals surface area (Å²) in [6, 6.07) is 1.72. The van der Waals surface area contributed by atoms with Crippen LogP contribution in [0.25, 0.3) is 5.70 Å². The summed E-state index contributed by atoms with van der Waals surface area (Å²) in [5.74, 6) is -0.285. The summed E-state index contributed by atoms with van der Waals surface area (Å²) in [6.45, 7) is 9.07. The molecule has 1 saturated carbocycles. The van der Waals surface area contributed by atoms with Crippen LogP contribution in [-0.4, -0.2) is 74.7 Å². The number of carbonyl (C=O) groups is 1. The van der Waals surface area contributed by atoms with Gasteiger partial charge in [-0.15, -0.1) is 11.3 Å². The zero-order valence-electron chi connectivity index (χ0n) is 19.2. The lowest BCUT2D eigenvalue weighted by molar-refractivity contribution is 0.0726. The number of hydrogen-bond acceptors (Lipinski definition) is 5. The number of allylic oxidation sites excluding steroid dienone is 1. The quantitative estimate of drug-likeness (QED) is 0.502. The van der Waals surface area contributed by atoms with Gasteiger partial charge in [-0.3, -0.25) is 4.79 Å². The van der Waals surface area contributed by atoms with E-state index in [9.17, 15) is 17.6 Å². The minimum Gasteiger partial charge on any atom is -0.351 e. The van der Waals surface area contributed by atoms with E-state index in [2.05, 4.69) is 22.0 Å². The maximum Gasteiger partial charge on any atom is 0.255 e. The maximum atomic E-state index is 14.6. The molecule has 1 amide bonds. The van der Waals surface area contributed by atoms with Crippen molar-refractivity contribution in [2.24, 2.45) is 9.98 Å². The number of likely N-dealkylation sites (N-methyl/N-ethyl adjacent to an activating group) is 1. The lowest BCUT2D eigenvalue weighted by atomic mass is 9.95. The maximum absolute atomic E-state index is 14.6. The van der Waals surface area contributed by atoms with Crippen LogP contribution >= 0.6 is 11.3 Å². The first-order valence-corrected chi connectivity index (χ1v) is 13.8. The minimum atomic E-state index is -3.21. The van der Waals surface area contributed by atoms with E-state index in [1.165, 1.54) is 28.8 Å². The van der Waals surface area contributed by atoms with Gasteiger partial charge in [-0.2, -0.15) is 0 Å². The highest BCUT2D eigenvalue weighted by Crippen LogP contribution is 2.55. The molecule has 0 atom stereocenters. The molecule has 0 radical (unpaired) electrons. The number of carbonyl (C=O) groups excluding carboxylic acids is 1. The van der Waals surface area contributed by atoms with Gasteiger partial charge in [0.15, 0.2) is 0 Å². The predicted molar refractivity (Wildman–Crippen MR) is 130 cm³/mol. The van der Waals surface area contributed by atoms with E-state index in [1.54, 1.807) is 6.07 Å². The standard InChI is InChI=1S/C22H30FN5O3S2/c1-5-27-13-22(8-9-22)19-16(20(27)29)12-17(32-19)18(14(2)23)26-21(24-3)25-15-6-10-28(11-7-15)33(4,30)31/h12,15H,3,5-11,13H2,1-2,4H3,(H,25,26)/b18-14+. The lowest BCUT2D eigenvalue weighted by Crippen LogP contribution is -2.45. The number of thiophene rings is 1. The highest BCUT2D eigenvalue weighted by Gasteiger charge is 2.52. The molecule has 0 bridgehead atoms. The van der Waals surface area contributed by atoms with Crippen molar-refractivity contribution in [3.63, 3.8) is 0 Å². The third-order valence-electron chi connectivity index (χ3n) is 6.64. The molecule has 0 aromatic carbocycles. The fourth-order valence-corrected chi connectivity index (χ4v) is 6.86. The second kappa shape index (κ2) is 8.92. The van der Waals surface area contributed by atoms with Crippen LogP contribution in [0, 0.1) is 0 Å². The van der Waals surface area contributed by atoms with Crippen LogP contribution in [0.4, 0.5) is 4.39 Å². The molecule has 3 aliphatic rings. The average molecular weight is 496 g/mol. The monoisotopic (exact) mass is 495 g/mol. The van der Waals surface area contributed by atoms with Gasteiger partial charge in [0.1, 0.15) is 11.5 Å². The molecule has 1 spiro atoms. The van der Waals surface area contributed by atoms with E-state index < -0.39 is 15.9 Å². The molecule has 180 valence electrons. The fourth-order valence-electron chi connectivity index (χ4n) is 4.57. The first-order chi connectivity index (χ1) is 15.6. The summed E-state index contributed by atoms with van der Waals surface area (Å²) in [4.78, 5) is 24.8. The van der Waals surface area contributed by atoms with Crippen LogP contribution < -0.4 is 5.32 Å². The minimum absolute atomic E-state index is 0.00651. The van der Waals surface area contributed by atoms with Crippen molar-refractivity contribution >= 4 is 45.6 Å². The van der Waals surface area contributed by atoms with Gasteiger partial charge in [-0.1, -0.05) is 0 Å². The first-order valence-electron chi connectivity index (χ1n) is 11.2. The Morgan fingerprint density at radius 2 is 2.03 bits per heavy atom. The third kappa shape index (κ3) is 4.76. The molecule has 2 aliphatic heterocycles. The Labute approximate surface area is 198 Å². The average Bonchev–Trinajstić information content (AvgIpc) is 3.40. The Morgan fingerprint density at radius 1 is 1.36 bits per heavy atom. The summed E-state index contributed by atoms with van der Waals surface area (Å²) in [6.07, 6.45) is 4.46. The Bertz CT molecular complexity index is 1120. The van der Waals surface area contributed by atoms with E-state index in [4.69, 9.17) is 0 Å². The number of amides is 1. The SMILES string of the molecule is C=N/C(=N\C(=C(/C)F)c1cc2c(s1)C1(CC1)CN(CC)C2=O)NC1CCN(S(C)(=O)=O)CC1. The molecule has 33 heavy (non-hydrogen) atoms. The third-order valence-corrected chi connectivity index (χ3v) is 9.33. The molecule has 1 N–H and O–H groups in total. The van der Waals surface area contributed by atoms with Crippen LogP contribution in [0.5, 0.6) is 0 Å². The fraction of sp³-hybridized carbons (Fsp3) is 0.591. The van der Waals surface area contributed by atoms with Crippen molar-refractivity contribution in [3.05, 3.63) is 27.2 Å².